The number of anilines is 2. The number of amidine groups is 2. The van der Waals surface area contributed by atoms with Crippen molar-refractivity contribution in [2.45, 2.75) is 6.92 Å². The fourth-order valence-electron chi connectivity index (χ4n) is 1.56. The zero-order valence-electron chi connectivity index (χ0n) is 15.5. The number of amides is 1. The molecule has 0 aliphatic rings. The van der Waals surface area contributed by atoms with Gasteiger partial charge in [-0.05, 0) is 48.5 Å². The predicted molar refractivity (Wildman–Crippen MR) is 112 cm³/mol. The first-order valence-corrected chi connectivity index (χ1v) is 8.10. The van der Waals surface area contributed by atoms with Crippen LogP contribution in [0.4, 0.5) is 16.2 Å². The molecule has 0 unspecified atom stereocenters. The highest BCUT2D eigenvalue weighted by Crippen LogP contribution is 2.05. The highest BCUT2D eigenvalue weighted by molar-refractivity contribution is 6.61. The quantitative estimate of drug-likeness (QED) is 0.192. The number of carbonyl (C=O) groups is 2. The molecule has 0 aliphatic heterocycles. The van der Waals surface area contributed by atoms with Gasteiger partial charge < -0.3 is 27.3 Å². The number of halogens is 1. The van der Waals surface area contributed by atoms with Crippen LogP contribution < -0.4 is 22.5 Å². The summed E-state index contributed by atoms with van der Waals surface area (Å²) in [4.78, 5) is 20.0. The summed E-state index contributed by atoms with van der Waals surface area (Å²) in [6, 6.07) is 13.6. The van der Waals surface area contributed by atoms with Gasteiger partial charge in [0.05, 0.1) is 7.11 Å². The third kappa shape index (κ3) is 11.1. The van der Waals surface area contributed by atoms with E-state index < -0.39 is 5.43 Å². The molecule has 0 atom stereocenters. The minimum absolute atomic E-state index is 0.0694. The number of benzene rings is 2. The summed E-state index contributed by atoms with van der Waals surface area (Å²) >= 11 is 4.60. The SMILES string of the molecule is CC(=O)NC(=N)c1ccc(N)cc1.COC(=O)Cl.N=C(N)c1ccc(N)cc1. The Morgan fingerprint density at radius 1 is 0.929 bits per heavy atom. The van der Waals surface area contributed by atoms with Crippen LogP contribution in [0.25, 0.3) is 0 Å². The third-order valence-electron chi connectivity index (χ3n) is 2.88. The van der Waals surface area contributed by atoms with E-state index in [2.05, 4.69) is 21.7 Å². The van der Waals surface area contributed by atoms with Gasteiger partial charge >= 0.3 is 5.43 Å². The fraction of sp³-hybridized carbons (Fsp3) is 0.111. The van der Waals surface area contributed by atoms with E-state index in [1.54, 1.807) is 48.5 Å². The van der Waals surface area contributed by atoms with E-state index >= 15 is 0 Å². The smallest absolute Gasteiger partial charge is 0.403 e. The Morgan fingerprint density at radius 3 is 1.57 bits per heavy atom. The van der Waals surface area contributed by atoms with Crippen LogP contribution in [0.3, 0.4) is 0 Å². The Morgan fingerprint density at radius 2 is 1.29 bits per heavy atom. The van der Waals surface area contributed by atoms with Crippen molar-refractivity contribution in [1.29, 1.82) is 10.8 Å². The molecule has 0 saturated heterocycles. The van der Waals surface area contributed by atoms with Crippen molar-refractivity contribution >= 4 is 46.0 Å². The Balaban J connectivity index is 0.000000431. The fourth-order valence-corrected chi connectivity index (χ4v) is 1.56. The molecule has 0 radical (unpaired) electrons. The molecular formula is C18H23ClN6O3. The maximum Gasteiger partial charge on any atom is 0.403 e. The van der Waals surface area contributed by atoms with E-state index in [4.69, 9.17) is 28.0 Å². The summed E-state index contributed by atoms with van der Waals surface area (Å²) in [5.74, 6) is -0.0886. The first-order valence-electron chi connectivity index (χ1n) is 7.72. The maximum atomic E-state index is 10.6. The van der Waals surface area contributed by atoms with Crippen LogP contribution in [0, 0.1) is 10.8 Å². The molecule has 0 aliphatic carbocycles. The second-order valence-corrected chi connectivity index (χ2v) is 5.46. The van der Waals surface area contributed by atoms with Crippen molar-refractivity contribution < 1.29 is 14.3 Å². The zero-order valence-corrected chi connectivity index (χ0v) is 16.2. The van der Waals surface area contributed by atoms with Crippen molar-refractivity contribution in [3.05, 3.63) is 59.7 Å². The number of hydrogen-bond donors (Lipinski definition) is 6. The predicted octanol–water partition coefficient (Wildman–Crippen LogP) is 2.27. The molecule has 10 heteroatoms. The lowest BCUT2D eigenvalue weighted by Gasteiger charge is -2.03. The van der Waals surface area contributed by atoms with Gasteiger partial charge in [0, 0.05) is 41.0 Å². The van der Waals surface area contributed by atoms with Crippen molar-refractivity contribution in [1.82, 2.24) is 5.32 Å². The number of nitrogen functional groups attached to an aromatic ring is 3. The number of carbonyl (C=O) groups excluding carboxylic acids is 2. The van der Waals surface area contributed by atoms with Crippen LogP contribution in [0.15, 0.2) is 48.5 Å². The van der Waals surface area contributed by atoms with E-state index in [1.165, 1.54) is 14.0 Å². The molecule has 1 amide bonds. The van der Waals surface area contributed by atoms with Gasteiger partial charge in [-0.25, -0.2) is 4.79 Å². The minimum atomic E-state index is -0.773. The first-order chi connectivity index (χ1) is 13.1. The van der Waals surface area contributed by atoms with Gasteiger partial charge in [-0.2, -0.15) is 0 Å². The van der Waals surface area contributed by atoms with Crippen LogP contribution in [0.2, 0.25) is 0 Å². The molecular weight excluding hydrogens is 384 g/mol. The zero-order chi connectivity index (χ0) is 21.7. The van der Waals surface area contributed by atoms with Crippen LogP contribution in [-0.4, -0.2) is 30.1 Å². The number of methoxy groups -OCH3 is 1. The topological polar surface area (TPSA) is 181 Å². The molecule has 2 aromatic rings. The lowest BCUT2D eigenvalue weighted by molar-refractivity contribution is -0.117. The maximum absolute atomic E-state index is 10.6. The minimum Gasteiger partial charge on any atom is -0.457 e. The standard InChI is InChI=1S/C9H11N3O.C7H9N3.C2H3ClO2/c1-6(13)12-9(11)7-2-4-8(10)5-3-7;8-6-3-1-5(2-4-6)7(9)10;1-5-2(3)4/h2-5H,10H2,1H3,(H2,11,12,13);1-4H,8H2,(H3,9,10);1H3. The van der Waals surface area contributed by atoms with E-state index in [9.17, 15) is 9.59 Å². The van der Waals surface area contributed by atoms with Gasteiger partial charge in [-0.1, -0.05) is 0 Å². The summed E-state index contributed by atoms with van der Waals surface area (Å²) in [5, 5.41) is 16.9. The second kappa shape index (κ2) is 12.7. The molecule has 0 saturated carbocycles. The summed E-state index contributed by atoms with van der Waals surface area (Å²) < 4.78 is 3.88. The van der Waals surface area contributed by atoms with E-state index in [0.29, 0.717) is 22.5 Å². The van der Waals surface area contributed by atoms with E-state index in [1.807, 2.05) is 0 Å². The molecule has 150 valence electrons. The van der Waals surface area contributed by atoms with Crippen molar-refractivity contribution in [2.24, 2.45) is 5.73 Å². The normalized spacial score (nSPS) is 8.82. The summed E-state index contributed by atoms with van der Waals surface area (Å²) in [5.41, 5.74) is 18.0. The summed E-state index contributed by atoms with van der Waals surface area (Å²) in [6.07, 6.45) is 0. The van der Waals surface area contributed by atoms with Gasteiger partial charge in [0.1, 0.15) is 11.7 Å². The largest absolute Gasteiger partial charge is 0.457 e. The van der Waals surface area contributed by atoms with Crippen molar-refractivity contribution in [3.8, 4) is 0 Å². The Bertz CT molecular complexity index is 807. The number of nitrogens with two attached hydrogens (primary N) is 3. The molecule has 9 N–H and O–H groups in total. The number of ether oxygens (including phenoxy) is 1. The van der Waals surface area contributed by atoms with Crippen LogP contribution in [-0.2, 0) is 9.53 Å². The average Bonchev–Trinajstić information content (AvgIpc) is 2.63. The van der Waals surface area contributed by atoms with Gasteiger partial charge in [0.15, 0.2) is 0 Å². The molecule has 2 rings (SSSR count). The second-order valence-electron chi connectivity index (χ2n) is 5.16. The number of nitrogens with one attached hydrogen (secondary N) is 3. The van der Waals surface area contributed by atoms with Crippen LogP contribution >= 0.6 is 11.6 Å². The number of hydrogen-bond acceptors (Lipinski definition) is 7. The Labute approximate surface area is 167 Å². The lowest BCUT2D eigenvalue weighted by Crippen LogP contribution is -2.27. The number of rotatable bonds is 2. The molecule has 0 spiro atoms. The van der Waals surface area contributed by atoms with Gasteiger partial charge in [-0.3, -0.25) is 15.6 Å². The Kier molecular flexibility index (Phi) is 11.1. The molecule has 28 heavy (non-hydrogen) atoms. The van der Waals surface area contributed by atoms with Crippen LogP contribution in [0.5, 0.6) is 0 Å². The van der Waals surface area contributed by atoms with Crippen molar-refractivity contribution in [2.75, 3.05) is 18.6 Å². The van der Waals surface area contributed by atoms with Crippen molar-refractivity contribution in [3.63, 3.8) is 0 Å². The molecule has 9 nitrogen and oxygen atoms in total. The molecule has 0 aromatic heterocycles. The Hall–Kier alpha value is -3.59. The van der Waals surface area contributed by atoms with Gasteiger partial charge in [0.25, 0.3) is 0 Å². The molecule has 0 heterocycles. The third-order valence-corrected chi connectivity index (χ3v) is 3.04. The van der Waals surface area contributed by atoms with Gasteiger partial charge in [0.2, 0.25) is 5.91 Å². The highest BCUT2D eigenvalue weighted by Gasteiger charge is 2.01. The van der Waals surface area contributed by atoms with Crippen LogP contribution in [0.1, 0.15) is 18.1 Å². The lowest BCUT2D eigenvalue weighted by atomic mass is 10.2. The van der Waals surface area contributed by atoms with Gasteiger partial charge in [-0.15, -0.1) is 0 Å². The summed E-state index contributed by atoms with van der Waals surface area (Å²) in [6.45, 7) is 1.37. The first kappa shape index (κ1) is 24.4. The van der Waals surface area contributed by atoms with E-state index in [-0.39, 0.29) is 17.6 Å². The molecule has 0 fully saturated rings. The molecule has 2 aromatic carbocycles. The van der Waals surface area contributed by atoms with E-state index in [0.717, 1.165) is 0 Å². The molecule has 0 bridgehead atoms. The monoisotopic (exact) mass is 406 g/mol. The highest BCUT2D eigenvalue weighted by atomic mass is 35.5. The summed E-state index contributed by atoms with van der Waals surface area (Å²) in [7, 11) is 1.22. The average molecular weight is 407 g/mol.